The van der Waals surface area contributed by atoms with Crippen LogP contribution in [0.5, 0.6) is 0 Å². The second-order valence-electron chi connectivity index (χ2n) is 4.86. The Labute approximate surface area is 116 Å². The molecule has 0 heterocycles. The average Bonchev–Trinajstić information content (AvgIpc) is 2.69. The third-order valence-electron chi connectivity index (χ3n) is 3.63. The monoisotopic (exact) mass is 253 g/mol. The van der Waals surface area contributed by atoms with Crippen LogP contribution in [0.2, 0.25) is 0 Å². The van der Waals surface area contributed by atoms with Gasteiger partial charge in [-0.2, -0.15) is 0 Å². The lowest BCUT2D eigenvalue weighted by atomic mass is 9.99. The Morgan fingerprint density at radius 3 is 2.58 bits per heavy atom. The maximum Gasteiger partial charge on any atom is 0.0369 e. The highest BCUT2D eigenvalue weighted by atomic mass is 15.1. The maximum absolute atomic E-state index is 2.38. The quantitative estimate of drug-likeness (QED) is 0.749. The van der Waals surface area contributed by atoms with E-state index in [-0.39, 0.29) is 0 Å². The Kier molecular flexibility index (Phi) is 4.62. The van der Waals surface area contributed by atoms with Crippen LogP contribution in [-0.2, 0) is 0 Å². The maximum atomic E-state index is 2.38. The van der Waals surface area contributed by atoms with Crippen LogP contribution in [0.1, 0.15) is 31.4 Å². The van der Waals surface area contributed by atoms with Crippen LogP contribution in [0.25, 0.3) is 5.57 Å². The molecular weight excluding hydrogens is 230 g/mol. The van der Waals surface area contributed by atoms with Gasteiger partial charge in [-0.3, -0.25) is 0 Å². The molecule has 0 saturated carbocycles. The van der Waals surface area contributed by atoms with Crippen molar-refractivity contribution in [3.05, 3.63) is 59.7 Å². The van der Waals surface area contributed by atoms with E-state index in [9.17, 15) is 0 Å². The van der Waals surface area contributed by atoms with Gasteiger partial charge in [0.15, 0.2) is 0 Å². The molecule has 0 radical (unpaired) electrons. The van der Waals surface area contributed by atoms with E-state index in [0.29, 0.717) is 0 Å². The number of anilines is 1. The minimum atomic E-state index is 1.02. The number of hydrogen-bond acceptors (Lipinski definition) is 1. The second kappa shape index (κ2) is 6.42. The van der Waals surface area contributed by atoms with Gasteiger partial charge in [0, 0.05) is 18.8 Å². The van der Waals surface area contributed by atoms with Crippen molar-refractivity contribution in [3.63, 3.8) is 0 Å². The van der Waals surface area contributed by atoms with E-state index in [1.165, 1.54) is 22.4 Å². The first kappa shape index (κ1) is 13.7. The average molecular weight is 253 g/mol. The number of allylic oxidation sites excluding steroid dienone is 6. The summed E-state index contributed by atoms with van der Waals surface area (Å²) in [5, 5.41) is 0. The lowest BCUT2D eigenvalue weighted by molar-refractivity contribution is 0.865. The first-order valence-electron chi connectivity index (χ1n) is 7.15. The summed E-state index contributed by atoms with van der Waals surface area (Å²) in [4.78, 5) is 2.38. The normalized spacial score (nSPS) is 14.2. The van der Waals surface area contributed by atoms with Gasteiger partial charge in [0.25, 0.3) is 0 Å². The fourth-order valence-electron chi connectivity index (χ4n) is 2.52. The molecule has 1 heteroatoms. The van der Waals surface area contributed by atoms with Crippen LogP contribution >= 0.6 is 0 Å². The van der Waals surface area contributed by atoms with Gasteiger partial charge in [0.05, 0.1) is 0 Å². The van der Waals surface area contributed by atoms with Crippen molar-refractivity contribution in [1.82, 2.24) is 0 Å². The molecule has 0 atom stereocenters. The molecule has 19 heavy (non-hydrogen) atoms. The lowest BCUT2D eigenvalue weighted by Crippen LogP contribution is -2.21. The zero-order valence-corrected chi connectivity index (χ0v) is 12.2. The topological polar surface area (TPSA) is 3.24 Å². The van der Waals surface area contributed by atoms with E-state index < -0.39 is 0 Å². The van der Waals surface area contributed by atoms with Crippen molar-refractivity contribution < 1.29 is 0 Å². The molecule has 0 saturated heterocycles. The molecular formula is C18H23N. The standard InChI is InChI=1S/C18H23N/c1-4-19(5-2)17-12-13-18(15(3)14-17)16-10-8-6-7-9-11-16/h6,8-14H,4-5,7H2,1-3H3. The predicted molar refractivity (Wildman–Crippen MR) is 85.6 cm³/mol. The molecule has 0 fully saturated rings. The summed E-state index contributed by atoms with van der Waals surface area (Å²) in [6, 6.07) is 6.78. The number of benzene rings is 1. The second-order valence-corrected chi connectivity index (χ2v) is 4.86. The summed E-state index contributed by atoms with van der Waals surface area (Å²) in [5.41, 5.74) is 5.30. The Morgan fingerprint density at radius 1 is 1.11 bits per heavy atom. The van der Waals surface area contributed by atoms with E-state index in [0.717, 1.165) is 19.5 Å². The molecule has 1 aromatic carbocycles. The van der Waals surface area contributed by atoms with E-state index in [1.54, 1.807) is 0 Å². The van der Waals surface area contributed by atoms with Crippen LogP contribution in [0, 0.1) is 6.92 Å². The van der Waals surface area contributed by atoms with Gasteiger partial charge in [-0.15, -0.1) is 0 Å². The zero-order valence-electron chi connectivity index (χ0n) is 12.2. The summed E-state index contributed by atoms with van der Waals surface area (Å²) < 4.78 is 0. The molecule has 0 aliphatic heterocycles. The summed E-state index contributed by atoms with van der Waals surface area (Å²) >= 11 is 0. The predicted octanol–water partition coefficient (Wildman–Crippen LogP) is 4.74. The first-order chi connectivity index (χ1) is 9.26. The van der Waals surface area contributed by atoms with Crippen molar-refractivity contribution in [3.8, 4) is 0 Å². The van der Waals surface area contributed by atoms with Gasteiger partial charge in [-0.1, -0.05) is 36.4 Å². The number of rotatable bonds is 4. The van der Waals surface area contributed by atoms with Crippen molar-refractivity contribution >= 4 is 11.3 Å². The third kappa shape index (κ3) is 3.17. The van der Waals surface area contributed by atoms with Gasteiger partial charge in [0.2, 0.25) is 0 Å². The van der Waals surface area contributed by atoms with Gasteiger partial charge in [-0.05, 0) is 56.0 Å². The van der Waals surface area contributed by atoms with E-state index in [4.69, 9.17) is 0 Å². The van der Waals surface area contributed by atoms with Crippen molar-refractivity contribution in [2.24, 2.45) is 0 Å². The van der Waals surface area contributed by atoms with Crippen LogP contribution in [-0.4, -0.2) is 13.1 Å². The van der Waals surface area contributed by atoms with Crippen molar-refractivity contribution in [1.29, 1.82) is 0 Å². The fourth-order valence-corrected chi connectivity index (χ4v) is 2.52. The minimum Gasteiger partial charge on any atom is -0.372 e. The summed E-state index contributed by atoms with van der Waals surface area (Å²) in [7, 11) is 0. The molecule has 1 aliphatic rings. The summed E-state index contributed by atoms with van der Waals surface area (Å²) in [6.07, 6.45) is 12.0. The summed E-state index contributed by atoms with van der Waals surface area (Å²) in [5.74, 6) is 0. The van der Waals surface area contributed by atoms with Gasteiger partial charge in [-0.25, -0.2) is 0 Å². The van der Waals surface area contributed by atoms with Crippen molar-refractivity contribution in [2.75, 3.05) is 18.0 Å². The highest BCUT2D eigenvalue weighted by Gasteiger charge is 2.07. The largest absolute Gasteiger partial charge is 0.372 e. The molecule has 0 spiro atoms. The van der Waals surface area contributed by atoms with Gasteiger partial charge in [0.1, 0.15) is 0 Å². The summed E-state index contributed by atoms with van der Waals surface area (Å²) in [6.45, 7) is 8.72. The number of hydrogen-bond donors (Lipinski definition) is 0. The smallest absolute Gasteiger partial charge is 0.0369 e. The zero-order chi connectivity index (χ0) is 13.7. The lowest BCUT2D eigenvalue weighted by Gasteiger charge is -2.22. The minimum absolute atomic E-state index is 1.02. The Hall–Kier alpha value is -1.76. The molecule has 2 rings (SSSR count). The molecule has 100 valence electrons. The fraction of sp³-hybridized carbons (Fsp3) is 0.333. The van der Waals surface area contributed by atoms with Crippen LogP contribution in [0.4, 0.5) is 5.69 Å². The van der Waals surface area contributed by atoms with Crippen LogP contribution < -0.4 is 4.90 Å². The highest BCUT2D eigenvalue weighted by Crippen LogP contribution is 2.26. The van der Waals surface area contributed by atoms with Crippen molar-refractivity contribution in [2.45, 2.75) is 27.2 Å². The van der Waals surface area contributed by atoms with Gasteiger partial charge >= 0.3 is 0 Å². The van der Waals surface area contributed by atoms with Gasteiger partial charge < -0.3 is 4.90 Å². The molecule has 1 aliphatic carbocycles. The van der Waals surface area contributed by atoms with E-state index >= 15 is 0 Å². The molecule has 0 unspecified atom stereocenters. The Balaban J connectivity index is 2.34. The molecule has 0 aromatic heterocycles. The van der Waals surface area contributed by atoms with E-state index in [1.807, 2.05) is 0 Å². The van der Waals surface area contributed by atoms with Crippen LogP contribution in [0.15, 0.2) is 48.6 Å². The first-order valence-corrected chi connectivity index (χ1v) is 7.15. The molecule has 0 N–H and O–H groups in total. The van der Waals surface area contributed by atoms with E-state index in [2.05, 4.69) is 74.3 Å². The molecule has 1 nitrogen and oxygen atoms in total. The number of aryl methyl sites for hydroxylation is 1. The molecule has 0 amide bonds. The SMILES string of the molecule is CCN(CC)c1ccc(C2=CC=CCC=C2)c(C)c1. The Bertz CT molecular complexity index is 516. The Morgan fingerprint density at radius 2 is 1.89 bits per heavy atom. The molecule has 0 bridgehead atoms. The van der Waals surface area contributed by atoms with Crippen LogP contribution in [0.3, 0.4) is 0 Å². The molecule has 1 aromatic rings. The third-order valence-corrected chi connectivity index (χ3v) is 3.63. The highest BCUT2D eigenvalue weighted by molar-refractivity contribution is 5.78. The number of nitrogens with zero attached hydrogens (tertiary/aromatic N) is 1.